The zero-order chi connectivity index (χ0) is 12.0. The first kappa shape index (κ1) is 12.9. The molecule has 1 aliphatic heterocycles. The molecule has 5 heteroatoms. The Kier molecular flexibility index (Phi) is 4.71. The minimum absolute atomic E-state index is 0.242. The van der Waals surface area contributed by atoms with E-state index in [1.165, 1.54) is 0 Å². The first-order chi connectivity index (χ1) is 7.67. The molecule has 0 amide bonds. The van der Waals surface area contributed by atoms with Gasteiger partial charge in [0, 0.05) is 0 Å². The van der Waals surface area contributed by atoms with Gasteiger partial charge in [-0.15, -0.1) is 0 Å². The van der Waals surface area contributed by atoms with Gasteiger partial charge in [0.05, 0.1) is 26.2 Å². The second-order valence-corrected chi connectivity index (χ2v) is 3.56. The third-order valence-corrected chi connectivity index (χ3v) is 2.57. The highest BCUT2D eigenvalue weighted by atomic mass is 16.7. The SMILES string of the molecule is [C-]#[N+]C(CC1(CC)OCCO1)C(=O)OCC. The summed E-state index contributed by atoms with van der Waals surface area (Å²) in [5.41, 5.74) is 0. The van der Waals surface area contributed by atoms with Crippen LogP contribution in [0.4, 0.5) is 0 Å². The zero-order valence-electron chi connectivity index (χ0n) is 9.69. The summed E-state index contributed by atoms with van der Waals surface area (Å²) in [5.74, 6) is -1.27. The fourth-order valence-electron chi connectivity index (χ4n) is 1.68. The van der Waals surface area contributed by atoms with Crippen LogP contribution in [-0.4, -0.2) is 37.6 Å². The van der Waals surface area contributed by atoms with Crippen LogP contribution in [0.15, 0.2) is 0 Å². The Morgan fingerprint density at radius 2 is 2.12 bits per heavy atom. The van der Waals surface area contributed by atoms with Crippen LogP contribution >= 0.6 is 0 Å². The van der Waals surface area contributed by atoms with Gasteiger partial charge in [-0.25, -0.2) is 11.4 Å². The molecule has 1 fully saturated rings. The van der Waals surface area contributed by atoms with Crippen LogP contribution in [-0.2, 0) is 19.0 Å². The summed E-state index contributed by atoms with van der Waals surface area (Å²) in [6, 6.07) is -0.835. The molecule has 0 aliphatic carbocycles. The Balaban J connectivity index is 2.61. The minimum atomic E-state index is -0.835. The molecule has 0 aromatic heterocycles. The molecule has 16 heavy (non-hydrogen) atoms. The molecule has 0 aromatic carbocycles. The second kappa shape index (κ2) is 5.83. The van der Waals surface area contributed by atoms with Crippen molar-refractivity contribution >= 4 is 5.97 Å². The lowest BCUT2D eigenvalue weighted by molar-refractivity contribution is -0.172. The van der Waals surface area contributed by atoms with Gasteiger partial charge < -0.3 is 19.1 Å². The highest BCUT2D eigenvalue weighted by Gasteiger charge is 2.42. The molecule has 1 aliphatic rings. The average molecular weight is 227 g/mol. The molecule has 1 heterocycles. The van der Waals surface area contributed by atoms with Crippen LogP contribution < -0.4 is 0 Å². The van der Waals surface area contributed by atoms with E-state index in [4.69, 9.17) is 20.8 Å². The molecular formula is C11H17NO4. The van der Waals surface area contributed by atoms with E-state index in [9.17, 15) is 4.79 Å². The molecule has 1 saturated heterocycles. The Labute approximate surface area is 95.5 Å². The number of carbonyl (C=O) groups excluding carboxylic acids is 1. The van der Waals surface area contributed by atoms with Gasteiger partial charge in [-0.3, -0.25) is 0 Å². The number of carbonyl (C=O) groups is 1. The van der Waals surface area contributed by atoms with E-state index >= 15 is 0 Å². The summed E-state index contributed by atoms with van der Waals surface area (Å²) >= 11 is 0. The number of ether oxygens (including phenoxy) is 3. The summed E-state index contributed by atoms with van der Waals surface area (Å²) in [6.07, 6.45) is 0.865. The van der Waals surface area contributed by atoms with Crippen molar-refractivity contribution in [2.45, 2.75) is 38.5 Å². The number of rotatable bonds is 5. The molecular weight excluding hydrogens is 210 g/mol. The van der Waals surface area contributed by atoms with Gasteiger partial charge in [0.2, 0.25) is 0 Å². The van der Waals surface area contributed by atoms with E-state index in [1.807, 2.05) is 6.92 Å². The molecule has 0 aromatic rings. The van der Waals surface area contributed by atoms with Gasteiger partial charge in [0.1, 0.15) is 0 Å². The molecule has 5 nitrogen and oxygen atoms in total. The highest BCUT2D eigenvalue weighted by molar-refractivity contribution is 5.77. The van der Waals surface area contributed by atoms with Crippen molar-refractivity contribution in [3.8, 4) is 0 Å². The second-order valence-electron chi connectivity index (χ2n) is 3.56. The molecule has 90 valence electrons. The molecule has 1 atom stereocenters. The Morgan fingerprint density at radius 1 is 1.50 bits per heavy atom. The predicted molar refractivity (Wildman–Crippen MR) is 56.6 cm³/mol. The van der Waals surface area contributed by atoms with Gasteiger partial charge in [-0.05, 0) is 13.3 Å². The van der Waals surface area contributed by atoms with Crippen LogP contribution in [0.5, 0.6) is 0 Å². The Bertz CT molecular complexity index is 278. The lowest BCUT2D eigenvalue weighted by atomic mass is 10.0. The largest absolute Gasteiger partial charge is 0.460 e. The van der Waals surface area contributed by atoms with Crippen molar-refractivity contribution in [2.75, 3.05) is 19.8 Å². The standard InChI is InChI=1S/C11H17NO4/c1-4-11(15-6-7-16-11)8-9(12-3)10(13)14-5-2/h9H,4-8H2,1-2H3. The molecule has 0 bridgehead atoms. The zero-order valence-corrected chi connectivity index (χ0v) is 9.69. The van der Waals surface area contributed by atoms with Crippen molar-refractivity contribution in [1.29, 1.82) is 0 Å². The van der Waals surface area contributed by atoms with Gasteiger partial charge in [0.15, 0.2) is 5.79 Å². The van der Waals surface area contributed by atoms with Crippen LogP contribution in [0.25, 0.3) is 4.85 Å². The van der Waals surface area contributed by atoms with E-state index in [2.05, 4.69) is 4.85 Å². The average Bonchev–Trinajstić information content (AvgIpc) is 2.75. The highest BCUT2D eigenvalue weighted by Crippen LogP contribution is 2.29. The van der Waals surface area contributed by atoms with Gasteiger partial charge >= 0.3 is 12.0 Å². The Morgan fingerprint density at radius 3 is 2.56 bits per heavy atom. The lowest BCUT2D eigenvalue weighted by Crippen LogP contribution is -2.36. The van der Waals surface area contributed by atoms with Crippen LogP contribution in [0.3, 0.4) is 0 Å². The molecule has 1 unspecified atom stereocenters. The third-order valence-electron chi connectivity index (χ3n) is 2.57. The molecule has 0 N–H and O–H groups in total. The maximum absolute atomic E-state index is 11.5. The molecule has 0 radical (unpaired) electrons. The minimum Gasteiger partial charge on any atom is -0.460 e. The number of nitrogens with zero attached hydrogens (tertiary/aromatic N) is 1. The number of hydrogen-bond acceptors (Lipinski definition) is 4. The van der Waals surface area contributed by atoms with Crippen LogP contribution in [0, 0.1) is 6.57 Å². The van der Waals surface area contributed by atoms with Crippen molar-refractivity contribution < 1.29 is 19.0 Å². The molecule has 0 spiro atoms. The van der Waals surface area contributed by atoms with Gasteiger partial charge in [-0.1, -0.05) is 6.92 Å². The van der Waals surface area contributed by atoms with E-state index < -0.39 is 17.8 Å². The number of hydrogen-bond donors (Lipinski definition) is 0. The summed E-state index contributed by atoms with van der Waals surface area (Å²) in [4.78, 5) is 14.8. The predicted octanol–water partition coefficient (Wildman–Crippen LogP) is 1.38. The van der Waals surface area contributed by atoms with E-state index in [0.717, 1.165) is 0 Å². The topological polar surface area (TPSA) is 49.1 Å². The summed E-state index contributed by atoms with van der Waals surface area (Å²) < 4.78 is 15.8. The van der Waals surface area contributed by atoms with Crippen molar-refractivity contribution in [3.63, 3.8) is 0 Å². The van der Waals surface area contributed by atoms with E-state index in [1.54, 1.807) is 6.92 Å². The van der Waals surface area contributed by atoms with Crippen molar-refractivity contribution in [3.05, 3.63) is 11.4 Å². The number of esters is 1. The summed E-state index contributed by atoms with van der Waals surface area (Å²) in [6.45, 7) is 12.0. The maximum Gasteiger partial charge on any atom is 0.390 e. The third kappa shape index (κ3) is 2.94. The normalized spacial score (nSPS) is 20.1. The van der Waals surface area contributed by atoms with E-state index in [-0.39, 0.29) is 13.0 Å². The van der Waals surface area contributed by atoms with E-state index in [0.29, 0.717) is 19.6 Å². The quantitative estimate of drug-likeness (QED) is 0.526. The Hall–Kier alpha value is -1.12. The van der Waals surface area contributed by atoms with Crippen molar-refractivity contribution in [1.82, 2.24) is 0 Å². The fourth-order valence-corrected chi connectivity index (χ4v) is 1.68. The maximum atomic E-state index is 11.5. The van der Waals surface area contributed by atoms with Gasteiger partial charge in [-0.2, -0.15) is 0 Å². The lowest BCUT2D eigenvalue weighted by Gasteiger charge is -2.25. The smallest absolute Gasteiger partial charge is 0.390 e. The first-order valence-corrected chi connectivity index (χ1v) is 5.48. The van der Waals surface area contributed by atoms with Crippen LogP contribution in [0.1, 0.15) is 26.7 Å². The first-order valence-electron chi connectivity index (χ1n) is 5.48. The van der Waals surface area contributed by atoms with Crippen LogP contribution in [0.2, 0.25) is 0 Å². The van der Waals surface area contributed by atoms with Gasteiger partial charge in [0.25, 0.3) is 0 Å². The summed E-state index contributed by atoms with van der Waals surface area (Å²) in [7, 11) is 0. The molecule has 0 saturated carbocycles. The fraction of sp³-hybridized carbons (Fsp3) is 0.818. The van der Waals surface area contributed by atoms with Crippen molar-refractivity contribution in [2.24, 2.45) is 0 Å². The molecule has 1 rings (SSSR count). The monoisotopic (exact) mass is 227 g/mol. The summed E-state index contributed by atoms with van der Waals surface area (Å²) in [5, 5.41) is 0.